The first-order valence-corrected chi connectivity index (χ1v) is 3.87. The maximum Gasteiger partial charge on any atom is 0.303 e. The topological polar surface area (TPSA) is 55.8 Å². The lowest BCUT2D eigenvalue weighted by atomic mass is 10.0. The van der Waals surface area contributed by atoms with Crippen LogP contribution in [0.5, 0.6) is 0 Å². The molecule has 66 valence electrons. The first-order chi connectivity index (χ1) is 5.68. The quantitative estimate of drug-likeness (QED) is 0.430. The molecule has 4 atom stereocenters. The Hall–Kier alpha value is -0.870. The van der Waals surface area contributed by atoms with Crippen molar-refractivity contribution in [2.45, 2.75) is 31.3 Å². The Balaban J connectivity index is 2.08. The molecule has 2 heterocycles. The molecule has 0 unspecified atom stereocenters. The van der Waals surface area contributed by atoms with Crippen molar-refractivity contribution in [1.82, 2.24) is 0 Å². The third-order valence-corrected chi connectivity index (χ3v) is 2.10. The predicted octanol–water partition coefficient (Wildman–Crippen LogP) is -0.384. The summed E-state index contributed by atoms with van der Waals surface area (Å²) in [5.74, 6) is -0.386. The maximum atomic E-state index is 10.6. The van der Waals surface area contributed by atoms with E-state index < -0.39 is 12.2 Å². The SMILES string of the molecule is CC(=O)O[C@H]1[C@@H](O)[C@H]2C=C[C@@H]1O2. The molecule has 1 N–H and O–H groups in total. The molecule has 4 nitrogen and oxygen atoms in total. The van der Waals surface area contributed by atoms with E-state index in [0.717, 1.165) is 0 Å². The van der Waals surface area contributed by atoms with Gasteiger partial charge in [-0.3, -0.25) is 4.79 Å². The molecule has 4 heteroatoms. The van der Waals surface area contributed by atoms with Crippen molar-refractivity contribution in [2.75, 3.05) is 0 Å². The Morgan fingerprint density at radius 3 is 2.67 bits per heavy atom. The molecular weight excluding hydrogens is 160 g/mol. The fraction of sp³-hybridized carbons (Fsp3) is 0.625. The Kier molecular flexibility index (Phi) is 1.66. The van der Waals surface area contributed by atoms with Crippen molar-refractivity contribution in [3.63, 3.8) is 0 Å². The van der Waals surface area contributed by atoms with Gasteiger partial charge in [-0.25, -0.2) is 0 Å². The Labute approximate surface area is 69.8 Å². The van der Waals surface area contributed by atoms with Crippen LogP contribution >= 0.6 is 0 Å². The summed E-state index contributed by atoms with van der Waals surface area (Å²) in [5, 5.41) is 9.47. The van der Waals surface area contributed by atoms with Crippen molar-refractivity contribution in [3.05, 3.63) is 12.2 Å². The number of hydrogen-bond acceptors (Lipinski definition) is 4. The Morgan fingerprint density at radius 2 is 2.17 bits per heavy atom. The third kappa shape index (κ3) is 1.04. The normalized spacial score (nSPS) is 43.5. The van der Waals surface area contributed by atoms with Gasteiger partial charge in [0.2, 0.25) is 0 Å². The zero-order valence-electron chi connectivity index (χ0n) is 6.64. The summed E-state index contributed by atoms with van der Waals surface area (Å²) in [6, 6.07) is 0. The lowest BCUT2D eigenvalue weighted by Crippen LogP contribution is -2.37. The third-order valence-electron chi connectivity index (χ3n) is 2.10. The average Bonchev–Trinajstić information content (AvgIpc) is 2.53. The minimum absolute atomic E-state index is 0.256. The van der Waals surface area contributed by atoms with Crippen molar-refractivity contribution in [3.8, 4) is 0 Å². The van der Waals surface area contributed by atoms with E-state index in [1.807, 2.05) is 6.08 Å². The highest BCUT2D eigenvalue weighted by molar-refractivity contribution is 5.66. The van der Waals surface area contributed by atoms with Crippen molar-refractivity contribution >= 4 is 5.97 Å². The van der Waals surface area contributed by atoms with Gasteiger partial charge in [-0.15, -0.1) is 0 Å². The van der Waals surface area contributed by atoms with Crippen LogP contribution in [0.25, 0.3) is 0 Å². The highest BCUT2D eigenvalue weighted by Crippen LogP contribution is 2.31. The molecule has 0 radical (unpaired) electrons. The van der Waals surface area contributed by atoms with Gasteiger partial charge in [0.25, 0.3) is 0 Å². The van der Waals surface area contributed by atoms with Gasteiger partial charge in [-0.1, -0.05) is 12.2 Å². The largest absolute Gasteiger partial charge is 0.457 e. The number of ether oxygens (including phenoxy) is 2. The molecule has 12 heavy (non-hydrogen) atoms. The predicted molar refractivity (Wildman–Crippen MR) is 39.4 cm³/mol. The van der Waals surface area contributed by atoms with Crippen LogP contribution in [0.3, 0.4) is 0 Å². The molecule has 2 bridgehead atoms. The standard InChI is InChI=1S/C8H10O4/c1-4(9)11-8-6-3-2-5(12-6)7(8)10/h2-3,5-8,10H,1H3/t5-,6+,7+,8-/m1/s1. The first-order valence-electron chi connectivity index (χ1n) is 3.87. The molecule has 1 fully saturated rings. The van der Waals surface area contributed by atoms with Gasteiger partial charge in [0.15, 0.2) is 6.10 Å². The number of carbonyl (C=O) groups excluding carboxylic acids is 1. The Morgan fingerprint density at radius 1 is 1.50 bits per heavy atom. The fourth-order valence-electron chi connectivity index (χ4n) is 1.58. The summed E-state index contributed by atoms with van der Waals surface area (Å²) in [7, 11) is 0. The van der Waals surface area contributed by atoms with E-state index >= 15 is 0 Å². The first kappa shape index (κ1) is 7.76. The molecule has 0 saturated carbocycles. The highest BCUT2D eigenvalue weighted by atomic mass is 16.6. The zero-order valence-corrected chi connectivity index (χ0v) is 6.64. The van der Waals surface area contributed by atoms with E-state index in [2.05, 4.69) is 0 Å². The van der Waals surface area contributed by atoms with Crippen LogP contribution in [0.2, 0.25) is 0 Å². The fourth-order valence-corrected chi connectivity index (χ4v) is 1.58. The summed E-state index contributed by atoms with van der Waals surface area (Å²) < 4.78 is 10.2. The second-order valence-corrected chi connectivity index (χ2v) is 3.01. The summed E-state index contributed by atoms with van der Waals surface area (Å²) in [5.41, 5.74) is 0. The molecule has 2 aliphatic heterocycles. The van der Waals surface area contributed by atoms with Crippen molar-refractivity contribution in [1.29, 1.82) is 0 Å². The van der Waals surface area contributed by atoms with Crippen LogP contribution in [-0.2, 0) is 14.3 Å². The maximum absolute atomic E-state index is 10.6. The van der Waals surface area contributed by atoms with E-state index in [-0.39, 0.29) is 18.2 Å². The molecule has 0 aromatic carbocycles. The van der Waals surface area contributed by atoms with E-state index in [9.17, 15) is 9.90 Å². The minimum Gasteiger partial charge on any atom is -0.457 e. The lowest BCUT2D eigenvalue weighted by molar-refractivity contribution is -0.151. The van der Waals surface area contributed by atoms with Gasteiger partial charge < -0.3 is 14.6 Å². The molecule has 0 aromatic heterocycles. The van der Waals surface area contributed by atoms with Crippen LogP contribution in [0.4, 0.5) is 0 Å². The second-order valence-electron chi connectivity index (χ2n) is 3.01. The summed E-state index contributed by atoms with van der Waals surface area (Å²) >= 11 is 0. The van der Waals surface area contributed by atoms with Gasteiger partial charge in [-0.2, -0.15) is 0 Å². The molecular formula is C8H10O4. The van der Waals surface area contributed by atoms with Gasteiger partial charge in [-0.05, 0) is 0 Å². The number of fused-ring (bicyclic) bond motifs is 2. The van der Waals surface area contributed by atoms with Crippen LogP contribution in [0.15, 0.2) is 12.2 Å². The number of carbonyl (C=O) groups is 1. The Bertz CT molecular complexity index is 235. The highest BCUT2D eigenvalue weighted by Gasteiger charge is 2.47. The van der Waals surface area contributed by atoms with E-state index in [4.69, 9.17) is 9.47 Å². The molecule has 0 amide bonds. The monoisotopic (exact) mass is 170 g/mol. The average molecular weight is 170 g/mol. The van der Waals surface area contributed by atoms with Crippen LogP contribution in [0.1, 0.15) is 6.92 Å². The van der Waals surface area contributed by atoms with Gasteiger partial charge in [0.1, 0.15) is 18.3 Å². The van der Waals surface area contributed by atoms with Gasteiger partial charge in [0.05, 0.1) is 0 Å². The molecule has 2 aliphatic rings. The summed E-state index contributed by atoms with van der Waals surface area (Å²) in [4.78, 5) is 10.6. The van der Waals surface area contributed by atoms with Gasteiger partial charge in [0, 0.05) is 6.92 Å². The number of rotatable bonds is 1. The zero-order chi connectivity index (χ0) is 8.72. The van der Waals surface area contributed by atoms with Crippen molar-refractivity contribution in [2.24, 2.45) is 0 Å². The van der Waals surface area contributed by atoms with E-state index in [1.54, 1.807) is 6.08 Å². The summed E-state index contributed by atoms with van der Waals surface area (Å²) in [6.45, 7) is 1.32. The smallest absolute Gasteiger partial charge is 0.303 e. The van der Waals surface area contributed by atoms with E-state index in [1.165, 1.54) is 6.92 Å². The second kappa shape index (κ2) is 2.57. The van der Waals surface area contributed by atoms with Gasteiger partial charge >= 0.3 is 5.97 Å². The van der Waals surface area contributed by atoms with Crippen molar-refractivity contribution < 1.29 is 19.4 Å². The van der Waals surface area contributed by atoms with Crippen LogP contribution in [-0.4, -0.2) is 35.5 Å². The molecule has 0 aromatic rings. The summed E-state index contributed by atoms with van der Waals surface area (Å²) in [6.07, 6.45) is 1.83. The number of aliphatic hydroxyl groups is 1. The lowest BCUT2D eigenvalue weighted by Gasteiger charge is -2.19. The number of esters is 1. The van der Waals surface area contributed by atoms with E-state index in [0.29, 0.717) is 0 Å². The molecule has 2 rings (SSSR count). The van der Waals surface area contributed by atoms with Crippen LogP contribution in [0, 0.1) is 0 Å². The molecule has 1 saturated heterocycles. The number of hydrogen-bond donors (Lipinski definition) is 1. The minimum atomic E-state index is -0.705. The molecule has 0 aliphatic carbocycles. The number of aliphatic hydroxyl groups excluding tert-OH is 1. The van der Waals surface area contributed by atoms with Crippen LogP contribution < -0.4 is 0 Å². The molecule has 0 spiro atoms.